The van der Waals surface area contributed by atoms with Crippen LogP contribution in [0.5, 0.6) is 0 Å². The minimum atomic E-state index is -1.06. The highest BCUT2D eigenvalue weighted by Gasteiger charge is 2.37. The van der Waals surface area contributed by atoms with Crippen molar-refractivity contribution in [2.45, 2.75) is 24.5 Å². The lowest BCUT2D eigenvalue weighted by Crippen LogP contribution is -2.27. The number of hydrogen-bond acceptors (Lipinski definition) is 6. The van der Waals surface area contributed by atoms with Crippen molar-refractivity contribution in [3.63, 3.8) is 0 Å². The first-order valence-corrected chi connectivity index (χ1v) is 12.0. The number of carbonyl (C=O) groups is 1. The minimum absolute atomic E-state index is 0.246. The molecule has 2 aliphatic rings. The van der Waals surface area contributed by atoms with E-state index in [1.807, 2.05) is 54.3 Å². The van der Waals surface area contributed by atoms with Gasteiger partial charge in [-0.15, -0.1) is 0 Å². The van der Waals surface area contributed by atoms with Gasteiger partial charge in [-0.3, -0.25) is 4.79 Å². The highest BCUT2D eigenvalue weighted by Crippen LogP contribution is 2.35. The lowest BCUT2D eigenvalue weighted by molar-refractivity contribution is -0.143. The lowest BCUT2D eigenvalue weighted by Gasteiger charge is -2.26. The van der Waals surface area contributed by atoms with E-state index in [2.05, 4.69) is 11.0 Å². The third-order valence-corrected chi connectivity index (χ3v) is 7.77. The Hall–Kier alpha value is -2.81. The summed E-state index contributed by atoms with van der Waals surface area (Å²) in [6, 6.07) is 15.8. The van der Waals surface area contributed by atoms with Gasteiger partial charge in [-0.2, -0.15) is 0 Å². The number of hydrogen-bond donors (Lipinski definition) is 2. The Bertz CT molecular complexity index is 1190. The molecule has 0 amide bonds. The number of aromatic nitrogens is 1. The number of carboxylic acid groups (broad SMARTS) is 1. The number of carboxylic acids is 1. The van der Waals surface area contributed by atoms with E-state index in [9.17, 15) is 19.6 Å². The topological polar surface area (TPSA) is 100.0 Å². The van der Waals surface area contributed by atoms with Gasteiger partial charge in [0.05, 0.1) is 18.2 Å². The molecule has 32 heavy (non-hydrogen) atoms. The van der Waals surface area contributed by atoms with Crippen LogP contribution >= 0.6 is 0 Å². The van der Waals surface area contributed by atoms with Crippen molar-refractivity contribution in [2.24, 2.45) is 5.92 Å². The van der Waals surface area contributed by atoms with Crippen molar-refractivity contribution in [1.82, 2.24) is 4.98 Å². The Morgan fingerprint density at radius 1 is 1.16 bits per heavy atom. The Morgan fingerprint density at radius 2 is 1.97 bits per heavy atom. The Kier molecular flexibility index (Phi) is 5.44. The second-order valence-corrected chi connectivity index (χ2v) is 10.1. The van der Waals surface area contributed by atoms with Crippen LogP contribution in [0, 0.1) is 12.8 Å². The monoisotopic (exact) mass is 451 g/mol. The van der Waals surface area contributed by atoms with E-state index >= 15 is 0 Å². The number of aliphatic carboxylic acids is 1. The Labute approximate surface area is 189 Å². The second kappa shape index (κ2) is 8.27. The fourth-order valence-corrected chi connectivity index (χ4v) is 5.86. The molecule has 1 unspecified atom stereocenters. The summed E-state index contributed by atoms with van der Waals surface area (Å²) in [7, 11) is 0. The van der Waals surface area contributed by atoms with Crippen LogP contribution in [-0.2, 0) is 22.5 Å². The molecule has 0 saturated carbocycles. The van der Waals surface area contributed by atoms with Crippen molar-refractivity contribution in [3.05, 3.63) is 59.7 Å². The zero-order valence-corrected chi connectivity index (χ0v) is 18.6. The molecule has 3 aromatic rings. The molecule has 1 fully saturated rings. The van der Waals surface area contributed by atoms with E-state index in [-0.39, 0.29) is 13.1 Å². The Morgan fingerprint density at radius 3 is 2.75 bits per heavy atom. The van der Waals surface area contributed by atoms with Crippen LogP contribution in [-0.4, -0.2) is 57.2 Å². The summed E-state index contributed by atoms with van der Waals surface area (Å²) in [6.07, 6.45) is -0.920. The Balaban J connectivity index is 1.58. The maximum absolute atomic E-state index is 12.7. The normalized spacial score (nSPS) is 23.3. The summed E-state index contributed by atoms with van der Waals surface area (Å²) in [5.74, 6) is -0.526. The van der Waals surface area contributed by atoms with Crippen LogP contribution in [0.25, 0.3) is 10.9 Å². The molecule has 2 N–H and O–H groups in total. The predicted octanol–water partition coefficient (Wildman–Crippen LogP) is 2.55. The molecule has 3 heterocycles. The van der Waals surface area contributed by atoms with Crippen molar-refractivity contribution in [3.8, 4) is 0 Å². The van der Waals surface area contributed by atoms with Crippen LogP contribution in [0.1, 0.15) is 11.1 Å². The van der Waals surface area contributed by atoms with Gasteiger partial charge in [-0.25, -0.2) is 4.98 Å². The van der Waals surface area contributed by atoms with Gasteiger partial charge in [0.2, 0.25) is 0 Å². The molecule has 5 rings (SSSR count). The van der Waals surface area contributed by atoms with E-state index in [1.165, 1.54) is 0 Å². The van der Waals surface area contributed by atoms with Crippen LogP contribution in [0.15, 0.2) is 53.4 Å². The third kappa shape index (κ3) is 3.79. The first-order valence-electron chi connectivity index (χ1n) is 10.7. The number of pyridine rings is 1. The van der Waals surface area contributed by atoms with E-state index in [1.54, 1.807) is 0 Å². The molecule has 1 aromatic heterocycles. The fourth-order valence-electron chi connectivity index (χ4n) is 4.60. The van der Waals surface area contributed by atoms with Gasteiger partial charge in [0.25, 0.3) is 0 Å². The zero-order chi connectivity index (χ0) is 22.4. The van der Waals surface area contributed by atoms with Crippen molar-refractivity contribution in [2.75, 3.05) is 35.2 Å². The number of rotatable bonds is 3. The van der Waals surface area contributed by atoms with Gasteiger partial charge >= 0.3 is 5.97 Å². The highest BCUT2D eigenvalue weighted by molar-refractivity contribution is 7.91. The molecule has 0 spiro atoms. The van der Waals surface area contributed by atoms with Gasteiger partial charge in [0.15, 0.2) is 4.90 Å². The molecule has 2 aromatic carbocycles. The molecular formula is C24H25N3O4S. The molecule has 3 atom stereocenters. The van der Waals surface area contributed by atoms with Crippen molar-refractivity contribution >= 4 is 39.6 Å². The lowest BCUT2D eigenvalue weighted by atomic mass is 10.1. The van der Waals surface area contributed by atoms with E-state index in [0.717, 1.165) is 38.4 Å². The summed E-state index contributed by atoms with van der Waals surface area (Å²) in [4.78, 5) is 21.4. The number of aliphatic hydroxyl groups is 1. The molecule has 166 valence electrons. The van der Waals surface area contributed by atoms with Crippen LogP contribution in [0.4, 0.5) is 11.5 Å². The van der Waals surface area contributed by atoms with E-state index in [0.29, 0.717) is 18.8 Å². The van der Waals surface area contributed by atoms with Crippen molar-refractivity contribution < 1.29 is 19.6 Å². The summed E-state index contributed by atoms with van der Waals surface area (Å²) in [5, 5.41) is 20.7. The van der Waals surface area contributed by atoms with Gasteiger partial charge in [-0.1, -0.05) is 29.8 Å². The number of aliphatic hydroxyl groups excluding tert-OH is 1. The van der Waals surface area contributed by atoms with Crippen LogP contribution < -0.4 is 9.80 Å². The number of aryl methyl sites for hydroxylation is 1. The number of benzene rings is 2. The molecule has 8 heteroatoms. The fraction of sp³-hybridized carbons (Fsp3) is 0.333. The van der Waals surface area contributed by atoms with Gasteiger partial charge in [0.1, 0.15) is 17.5 Å². The molecule has 0 bridgehead atoms. The first-order chi connectivity index (χ1) is 15.4. The van der Waals surface area contributed by atoms with Gasteiger partial charge in [0, 0.05) is 42.3 Å². The predicted molar refractivity (Wildman–Crippen MR) is 125 cm³/mol. The van der Waals surface area contributed by atoms with Crippen LogP contribution in [0.2, 0.25) is 0 Å². The highest BCUT2D eigenvalue weighted by atomic mass is 32.2. The standard InChI is InChI=1S/C24H25N3O4S/c1-15-6-7-19-17(10-15)20(27-13-18(24(29)30)21(28)14-27)11-23(25-19)26-8-9-32(31)22-5-3-2-4-16(22)12-26/h2-7,10-11,18,21,28H,8-9,12-14H2,1H3,(H,29,30)/t18-,21-,32?/m1/s1. The second-order valence-electron chi connectivity index (χ2n) is 8.52. The molecular weight excluding hydrogens is 426 g/mol. The quantitative estimate of drug-likeness (QED) is 0.591. The smallest absolute Gasteiger partial charge is 0.311 e. The van der Waals surface area contributed by atoms with Gasteiger partial charge in [-0.05, 0) is 36.3 Å². The summed E-state index contributed by atoms with van der Waals surface area (Å²) in [5.41, 5.74) is 3.80. The molecule has 0 aliphatic carbocycles. The average molecular weight is 452 g/mol. The largest absolute Gasteiger partial charge is 0.611 e. The number of nitrogens with zero attached hydrogens (tertiary/aromatic N) is 3. The average Bonchev–Trinajstić information content (AvgIpc) is 3.09. The van der Waals surface area contributed by atoms with E-state index in [4.69, 9.17) is 4.98 Å². The number of β-amino-alcohol motifs (C(OH)–C–C–N with tert-alkyl or cyclic N) is 1. The molecule has 1 saturated heterocycles. The molecule has 7 nitrogen and oxygen atoms in total. The summed E-state index contributed by atoms with van der Waals surface area (Å²) < 4.78 is 12.7. The number of anilines is 2. The maximum atomic E-state index is 12.7. The zero-order valence-electron chi connectivity index (χ0n) is 17.8. The number of fused-ring (bicyclic) bond motifs is 2. The molecule has 2 aliphatic heterocycles. The van der Waals surface area contributed by atoms with Gasteiger partial charge < -0.3 is 24.6 Å². The van der Waals surface area contributed by atoms with Crippen LogP contribution in [0.3, 0.4) is 0 Å². The van der Waals surface area contributed by atoms with Crippen molar-refractivity contribution in [1.29, 1.82) is 0 Å². The summed E-state index contributed by atoms with van der Waals surface area (Å²) >= 11 is -1.06. The third-order valence-electron chi connectivity index (χ3n) is 6.33. The first kappa shape index (κ1) is 21.1. The molecule has 0 radical (unpaired) electrons. The minimum Gasteiger partial charge on any atom is -0.611 e. The van der Waals surface area contributed by atoms with E-state index < -0.39 is 29.2 Å². The summed E-state index contributed by atoms with van der Waals surface area (Å²) in [6.45, 7) is 3.72. The SMILES string of the molecule is Cc1ccc2nc(N3CC[S+]([O-])c4ccccc4C3)cc(N3C[C@@H](O)[C@H](C(=O)O)C3)c2c1. The maximum Gasteiger partial charge on any atom is 0.311 e.